The van der Waals surface area contributed by atoms with E-state index in [4.69, 9.17) is 5.73 Å². The molecule has 2 atom stereocenters. The third-order valence-electron chi connectivity index (χ3n) is 6.38. The van der Waals surface area contributed by atoms with E-state index in [1.807, 2.05) is 17.8 Å². The molecule has 182 valence electrons. The molecule has 34 heavy (non-hydrogen) atoms. The lowest BCUT2D eigenvalue weighted by molar-refractivity contribution is 0.0920. The van der Waals surface area contributed by atoms with Crippen molar-refractivity contribution in [2.75, 3.05) is 29.9 Å². The van der Waals surface area contributed by atoms with Crippen LogP contribution in [0.1, 0.15) is 52.0 Å². The van der Waals surface area contributed by atoms with Crippen LogP contribution in [0.2, 0.25) is 0 Å². The van der Waals surface area contributed by atoms with E-state index < -0.39 is 17.5 Å². The van der Waals surface area contributed by atoms with Crippen molar-refractivity contribution in [3.05, 3.63) is 64.7 Å². The number of carbonyl (C=O) groups is 2. The fraction of sp³-hybridized carbons (Fsp3) is 0.440. The van der Waals surface area contributed by atoms with E-state index in [0.717, 1.165) is 74.0 Å². The fourth-order valence-corrected chi connectivity index (χ4v) is 5.42. The molecule has 1 aliphatic carbocycles. The highest BCUT2D eigenvalue weighted by atomic mass is 32.2. The van der Waals surface area contributed by atoms with Crippen LogP contribution in [0.15, 0.2) is 36.4 Å². The SMILES string of the molecule is NC1CCCCC1NC(=O)c1ccc(CN2CCSCC2)c(NC(=O)c2cc(F)cc(F)c2)c1. The topological polar surface area (TPSA) is 87.5 Å². The van der Waals surface area contributed by atoms with Crippen LogP contribution in [0.3, 0.4) is 0 Å². The van der Waals surface area contributed by atoms with Crippen molar-refractivity contribution in [2.45, 2.75) is 44.3 Å². The number of halogens is 2. The molecule has 2 aromatic rings. The number of anilines is 1. The van der Waals surface area contributed by atoms with Gasteiger partial charge in [-0.05, 0) is 42.7 Å². The largest absolute Gasteiger partial charge is 0.348 e. The Bertz CT molecular complexity index is 1030. The number of carbonyl (C=O) groups excluding carboxylic acids is 2. The average molecular weight is 489 g/mol. The molecule has 1 aliphatic heterocycles. The molecule has 2 aliphatic rings. The van der Waals surface area contributed by atoms with Gasteiger partial charge in [0.15, 0.2) is 0 Å². The summed E-state index contributed by atoms with van der Waals surface area (Å²) in [5.41, 5.74) is 7.74. The Balaban J connectivity index is 1.57. The van der Waals surface area contributed by atoms with Gasteiger partial charge in [0, 0.05) is 66.1 Å². The summed E-state index contributed by atoms with van der Waals surface area (Å²) in [6.45, 7) is 2.45. The Hall–Kier alpha value is -2.49. The summed E-state index contributed by atoms with van der Waals surface area (Å²) in [6, 6.07) is 7.75. The normalized spacial score (nSPS) is 21.1. The van der Waals surface area contributed by atoms with Gasteiger partial charge in [0.05, 0.1) is 0 Å². The van der Waals surface area contributed by atoms with Gasteiger partial charge >= 0.3 is 0 Å². The van der Waals surface area contributed by atoms with Crippen LogP contribution in [0.5, 0.6) is 0 Å². The molecular weight excluding hydrogens is 458 g/mol. The lowest BCUT2D eigenvalue weighted by Gasteiger charge is -2.29. The van der Waals surface area contributed by atoms with Crippen molar-refractivity contribution >= 4 is 29.3 Å². The molecule has 1 saturated heterocycles. The molecule has 0 aromatic heterocycles. The molecule has 4 rings (SSSR count). The Kier molecular flexibility index (Phi) is 8.18. The molecule has 9 heteroatoms. The highest BCUT2D eigenvalue weighted by Gasteiger charge is 2.24. The van der Waals surface area contributed by atoms with Crippen molar-refractivity contribution in [3.8, 4) is 0 Å². The number of amides is 2. The number of nitrogens with two attached hydrogens (primary N) is 1. The maximum Gasteiger partial charge on any atom is 0.255 e. The van der Waals surface area contributed by atoms with Crippen molar-refractivity contribution in [3.63, 3.8) is 0 Å². The number of benzene rings is 2. The quantitative estimate of drug-likeness (QED) is 0.576. The van der Waals surface area contributed by atoms with E-state index in [0.29, 0.717) is 17.8 Å². The van der Waals surface area contributed by atoms with Gasteiger partial charge in [-0.2, -0.15) is 11.8 Å². The van der Waals surface area contributed by atoms with Crippen LogP contribution in [0, 0.1) is 11.6 Å². The molecule has 4 N–H and O–H groups in total. The third kappa shape index (κ3) is 6.34. The maximum atomic E-state index is 13.6. The summed E-state index contributed by atoms with van der Waals surface area (Å²) in [5.74, 6) is -0.476. The third-order valence-corrected chi connectivity index (χ3v) is 7.32. The van der Waals surface area contributed by atoms with Gasteiger partial charge in [-0.25, -0.2) is 8.78 Å². The highest BCUT2D eigenvalue weighted by Crippen LogP contribution is 2.24. The van der Waals surface area contributed by atoms with Gasteiger partial charge in [0.25, 0.3) is 11.8 Å². The molecule has 1 heterocycles. The van der Waals surface area contributed by atoms with Crippen LogP contribution in [-0.4, -0.2) is 53.4 Å². The maximum absolute atomic E-state index is 13.6. The molecule has 0 bridgehead atoms. The Morgan fingerprint density at radius 2 is 1.68 bits per heavy atom. The lowest BCUT2D eigenvalue weighted by atomic mass is 9.91. The summed E-state index contributed by atoms with van der Waals surface area (Å²) in [5, 5.41) is 5.79. The van der Waals surface area contributed by atoms with Crippen LogP contribution < -0.4 is 16.4 Å². The standard InChI is InChI=1S/C25H30F2N4O2S/c26-19-11-18(12-20(27)14-19)25(33)30-23-13-16(24(32)29-22-4-2-1-3-21(22)28)5-6-17(23)15-31-7-9-34-10-8-31/h5-6,11-14,21-22H,1-4,7-10,15,28H2,(H,29,32)(H,30,33). The first-order valence-electron chi connectivity index (χ1n) is 11.7. The number of nitrogens with one attached hydrogen (secondary N) is 2. The Morgan fingerprint density at radius 3 is 2.38 bits per heavy atom. The Labute approximate surface area is 202 Å². The molecule has 2 unspecified atom stereocenters. The van der Waals surface area contributed by atoms with E-state index in [1.165, 1.54) is 0 Å². The van der Waals surface area contributed by atoms with Crippen LogP contribution in [0.4, 0.5) is 14.5 Å². The zero-order valence-corrected chi connectivity index (χ0v) is 19.8. The van der Waals surface area contributed by atoms with E-state index in [2.05, 4.69) is 15.5 Å². The second kappa shape index (κ2) is 11.3. The predicted octanol–water partition coefficient (Wildman–Crippen LogP) is 3.77. The highest BCUT2D eigenvalue weighted by molar-refractivity contribution is 7.99. The first-order valence-corrected chi connectivity index (χ1v) is 12.8. The molecule has 1 saturated carbocycles. The van der Waals surface area contributed by atoms with Gasteiger partial charge in [-0.15, -0.1) is 0 Å². The van der Waals surface area contributed by atoms with Gasteiger partial charge in [-0.1, -0.05) is 18.9 Å². The summed E-state index contributed by atoms with van der Waals surface area (Å²) in [6.07, 6.45) is 3.81. The lowest BCUT2D eigenvalue weighted by Crippen LogP contribution is -2.49. The Morgan fingerprint density at radius 1 is 0.971 bits per heavy atom. The first kappa shape index (κ1) is 24.6. The van der Waals surface area contributed by atoms with E-state index in [1.54, 1.807) is 12.1 Å². The van der Waals surface area contributed by atoms with Crippen LogP contribution >= 0.6 is 11.8 Å². The molecule has 0 spiro atoms. The summed E-state index contributed by atoms with van der Waals surface area (Å²) >= 11 is 1.90. The molecule has 2 aromatic carbocycles. The molecule has 0 radical (unpaired) electrons. The number of thioether (sulfide) groups is 1. The number of nitrogens with zero attached hydrogens (tertiary/aromatic N) is 1. The van der Waals surface area contributed by atoms with Crippen molar-refractivity contribution < 1.29 is 18.4 Å². The monoisotopic (exact) mass is 488 g/mol. The predicted molar refractivity (Wildman–Crippen MR) is 131 cm³/mol. The second-order valence-corrected chi connectivity index (χ2v) is 10.1. The van der Waals surface area contributed by atoms with Crippen molar-refractivity contribution in [1.82, 2.24) is 10.2 Å². The second-order valence-electron chi connectivity index (χ2n) is 8.90. The zero-order valence-electron chi connectivity index (χ0n) is 19.0. The fourth-order valence-electron chi connectivity index (χ4n) is 4.44. The minimum Gasteiger partial charge on any atom is -0.348 e. The minimum absolute atomic E-state index is 0.0732. The van der Waals surface area contributed by atoms with Gasteiger partial charge in [-0.3, -0.25) is 14.5 Å². The number of hydrogen-bond acceptors (Lipinski definition) is 5. The first-order chi connectivity index (χ1) is 16.4. The summed E-state index contributed by atoms with van der Waals surface area (Å²) in [7, 11) is 0. The smallest absolute Gasteiger partial charge is 0.255 e. The van der Waals surface area contributed by atoms with E-state index >= 15 is 0 Å². The molecule has 2 fully saturated rings. The summed E-state index contributed by atoms with van der Waals surface area (Å²) in [4.78, 5) is 28.1. The zero-order chi connectivity index (χ0) is 24.1. The molecular formula is C25H30F2N4O2S. The number of rotatable bonds is 6. The molecule has 6 nitrogen and oxygen atoms in total. The van der Waals surface area contributed by atoms with Crippen molar-refractivity contribution in [2.24, 2.45) is 5.73 Å². The van der Waals surface area contributed by atoms with E-state index in [9.17, 15) is 18.4 Å². The summed E-state index contributed by atoms with van der Waals surface area (Å²) < 4.78 is 27.3. The van der Waals surface area contributed by atoms with Gasteiger partial charge in [0.1, 0.15) is 11.6 Å². The van der Waals surface area contributed by atoms with E-state index in [-0.39, 0.29) is 23.6 Å². The van der Waals surface area contributed by atoms with Gasteiger partial charge < -0.3 is 16.4 Å². The molecule has 2 amide bonds. The van der Waals surface area contributed by atoms with Gasteiger partial charge in [0.2, 0.25) is 0 Å². The van der Waals surface area contributed by atoms with Crippen LogP contribution in [-0.2, 0) is 6.54 Å². The van der Waals surface area contributed by atoms with Crippen molar-refractivity contribution in [1.29, 1.82) is 0 Å². The number of hydrogen-bond donors (Lipinski definition) is 3. The average Bonchev–Trinajstić information content (AvgIpc) is 2.81. The minimum atomic E-state index is -0.826. The van der Waals surface area contributed by atoms with Crippen LogP contribution in [0.25, 0.3) is 0 Å².